The molecule has 0 spiro atoms. The van der Waals surface area contributed by atoms with Crippen LogP contribution in [0.5, 0.6) is 0 Å². The van der Waals surface area contributed by atoms with Crippen molar-refractivity contribution in [3.05, 3.63) is 30.7 Å². The highest BCUT2D eigenvalue weighted by Crippen LogP contribution is 2.33. The van der Waals surface area contributed by atoms with E-state index in [-0.39, 0.29) is 6.03 Å². The van der Waals surface area contributed by atoms with Crippen molar-refractivity contribution >= 4 is 29.2 Å². The normalized spacial score (nSPS) is 18.1. The van der Waals surface area contributed by atoms with E-state index in [1.54, 1.807) is 17.2 Å². The summed E-state index contributed by atoms with van der Waals surface area (Å²) in [6.07, 6.45) is 6.12. The van der Waals surface area contributed by atoms with Crippen LogP contribution in [0.15, 0.2) is 30.7 Å². The minimum absolute atomic E-state index is 0.210. The minimum Gasteiger partial charge on any atom is -0.369 e. The van der Waals surface area contributed by atoms with Crippen molar-refractivity contribution in [1.82, 2.24) is 19.9 Å². The first-order valence-corrected chi connectivity index (χ1v) is 11.2. The molecule has 1 N–H and O–H groups in total. The van der Waals surface area contributed by atoms with Gasteiger partial charge in [-0.05, 0) is 58.0 Å². The average molecular weight is 425 g/mol. The third-order valence-electron chi connectivity index (χ3n) is 5.98. The van der Waals surface area contributed by atoms with Crippen LogP contribution in [0.4, 0.5) is 27.9 Å². The van der Waals surface area contributed by atoms with Crippen LogP contribution in [0, 0.1) is 0 Å². The Labute approximate surface area is 184 Å². The second-order valence-electron chi connectivity index (χ2n) is 8.12. The molecular weight excluding hydrogens is 392 g/mol. The van der Waals surface area contributed by atoms with Gasteiger partial charge in [-0.25, -0.2) is 19.7 Å². The lowest BCUT2D eigenvalue weighted by Crippen LogP contribution is -2.40. The molecule has 2 aromatic rings. The molecule has 2 aliphatic heterocycles. The summed E-state index contributed by atoms with van der Waals surface area (Å²) >= 11 is 0. The molecule has 0 saturated carbocycles. The fraction of sp³-hybridized carbons (Fsp3) is 0.545. The summed E-state index contributed by atoms with van der Waals surface area (Å²) in [4.78, 5) is 35.1. The molecule has 166 valence electrons. The highest BCUT2D eigenvalue weighted by atomic mass is 16.2. The molecular formula is C22H32N8O. The summed E-state index contributed by atoms with van der Waals surface area (Å²) < 4.78 is 0. The lowest BCUT2D eigenvalue weighted by atomic mass is 10.2. The molecule has 0 atom stereocenters. The molecule has 0 unspecified atom stereocenters. The Morgan fingerprint density at radius 2 is 1.90 bits per heavy atom. The van der Waals surface area contributed by atoms with Crippen molar-refractivity contribution in [2.45, 2.75) is 26.2 Å². The molecule has 1 saturated heterocycles. The number of hydrogen-bond acceptors (Lipinski definition) is 7. The number of carbonyl (C=O) groups is 1. The number of anilines is 4. The minimum atomic E-state index is -0.210. The van der Waals surface area contributed by atoms with Crippen molar-refractivity contribution in [3.8, 4) is 0 Å². The van der Waals surface area contributed by atoms with Crippen molar-refractivity contribution in [2.75, 3.05) is 72.9 Å². The lowest BCUT2D eigenvalue weighted by Gasteiger charge is -2.34. The highest BCUT2D eigenvalue weighted by molar-refractivity contribution is 6.02. The number of aromatic nitrogens is 3. The van der Waals surface area contributed by atoms with Crippen LogP contribution in [0.25, 0.3) is 0 Å². The summed E-state index contributed by atoms with van der Waals surface area (Å²) in [5, 5.41) is 2.91. The van der Waals surface area contributed by atoms with Gasteiger partial charge in [0.1, 0.15) is 18.0 Å². The predicted octanol–water partition coefficient (Wildman–Crippen LogP) is 2.67. The maximum Gasteiger partial charge on any atom is 0.328 e. The molecule has 2 amide bonds. The Kier molecular flexibility index (Phi) is 6.81. The molecule has 9 nitrogen and oxygen atoms in total. The lowest BCUT2D eigenvalue weighted by molar-refractivity contribution is 0.256. The van der Waals surface area contributed by atoms with Crippen LogP contribution in [-0.2, 0) is 0 Å². The Balaban J connectivity index is 1.67. The third-order valence-corrected chi connectivity index (χ3v) is 5.98. The number of likely N-dealkylation sites (N-methyl/N-ethyl adjacent to an activating group) is 1. The summed E-state index contributed by atoms with van der Waals surface area (Å²) in [6, 6.07) is 5.72. The first-order valence-electron chi connectivity index (χ1n) is 11.2. The Hall–Kier alpha value is -2.94. The number of nitrogens with one attached hydrogen (secondary N) is 1. The van der Waals surface area contributed by atoms with Crippen molar-refractivity contribution in [3.63, 3.8) is 0 Å². The van der Waals surface area contributed by atoms with Crippen molar-refractivity contribution < 1.29 is 4.79 Å². The van der Waals surface area contributed by atoms with Gasteiger partial charge in [-0.3, -0.25) is 10.2 Å². The molecule has 4 rings (SSSR count). The number of rotatable bonds is 3. The second kappa shape index (κ2) is 9.91. The number of urea groups is 1. The van der Waals surface area contributed by atoms with Gasteiger partial charge in [-0.1, -0.05) is 0 Å². The Morgan fingerprint density at radius 3 is 2.71 bits per heavy atom. The van der Waals surface area contributed by atoms with E-state index in [2.05, 4.69) is 56.1 Å². The first kappa shape index (κ1) is 21.3. The van der Waals surface area contributed by atoms with E-state index in [1.165, 1.54) is 6.33 Å². The number of amides is 2. The number of pyridine rings is 1. The van der Waals surface area contributed by atoms with Gasteiger partial charge in [0.2, 0.25) is 0 Å². The molecule has 4 heterocycles. The van der Waals surface area contributed by atoms with E-state index < -0.39 is 0 Å². The van der Waals surface area contributed by atoms with Gasteiger partial charge in [0.05, 0.1) is 5.69 Å². The average Bonchev–Trinajstić information content (AvgIpc) is 2.99. The van der Waals surface area contributed by atoms with Crippen LogP contribution < -0.4 is 20.0 Å². The van der Waals surface area contributed by atoms with Gasteiger partial charge >= 0.3 is 6.03 Å². The molecule has 9 heteroatoms. The van der Waals surface area contributed by atoms with Gasteiger partial charge in [-0.15, -0.1) is 0 Å². The summed E-state index contributed by atoms with van der Waals surface area (Å²) in [6.45, 7) is 8.64. The van der Waals surface area contributed by atoms with Crippen LogP contribution in [0.3, 0.4) is 0 Å². The maximum atomic E-state index is 13.3. The van der Waals surface area contributed by atoms with Gasteiger partial charge < -0.3 is 14.7 Å². The zero-order valence-corrected chi connectivity index (χ0v) is 18.5. The number of nitrogens with zero attached hydrogens (tertiary/aromatic N) is 7. The summed E-state index contributed by atoms with van der Waals surface area (Å²) in [5.41, 5.74) is 1.01. The van der Waals surface area contributed by atoms with Crippen LogP contribution in [0.2, 0.25) is 0 Å². The van der Waals surface area contributed by atoms with E-state index in [1.807, 2.05) is 0 Å². The smallest absolute Gasteiger partial charge is 0.328 e. The largest absolute Gasteiger partial charge is 0.369 e. The summed E-state index contributed by atoms with van der Waals surface area (Å²) in [5.74, 6) is 2.15. The zero-order chi connectivity index (χ0) is 21.6. The van der Waals surface area contributed by atoms with Gasteiger partial charge in [0, 0.05) is 45.5 Å². The quantitative estimate of drug-likeness (QED) is 0.811. The van der Waals surface area contributed by atoms with Gasteiger partial charge in [-0.2, -0.15) is 0 Å². The van der Waals surface area contributed by atoms with E-state index in [0.717, 1.165) is 75.9 Å². The number of hydrogen-bond donors (Lipinski definition) is 1. The first-order chi connectivity index (χ1) is 15.2. The summed E-state index contributed by atoms with van der Waals surface area (Å²) in [7, 11) is 2.16. The van der Waals surface area contributed by atoms with Gasteiger partial charge in [0.15, 0.2) is 5.82 Å². The molecule has 0 aliphatic carbocycles. The second-order valence-corrected chi connectivity index (χ2v) is 8.12. The standard InChI is InChI=1S/C22H32N8O/c1-3-28-12-4-5-14-30(22(31)25-19-9-10-23-17-24-19)21-18(28)7-8-20(26-21)29-13-6-11-27(2)15-16-29/h7-10,17H,3-6,11-16H2,1-2H3,(H,23,24,25,31). The maximum absolute atomic E-state index is 13.3. The molecule has 0 aromatic carbocycles. The van der Waals surface area contributed by atoms with E-state index in [4.69, 9.17) is 4.98 Å². The van der Waals surface area contributed by atoms with Crippen molar-refractivity contribution in [1.29, 1.82) is 0 Å². The number of fused-ring (bicyclic) bond motifs is 1. The number of carbonyl (C=O) groups excluding carboxylic acids is 1. The molecule has 2 aliphatic rings. The fourth-order valence-electron chi connectivity index (χ4n) is 4.20. The van der Waals surface area contributed by atoms with E-state index in [9.17, 15) is 4.79 Å². The third kappa shape index (κ3) is 5.04. The topological polar surface area (TPSA) is 80.7 Å². The van der Waals surface area contributed by atoms with Gasteiger partial charge in [0.25, 0.3) is 0 Å². The monoisotopic (exact) mass is 424 g/mol. The van der Waals surface area contributed by atoms with Crippen LogP contribution in [-0.4, -0.2) is 78.7 Å². The van der Waals surface area contributed by atoms with Crippen molar-refractivity contribution in [2.24, 2.45) is 0 Å². The van der Waals surface area contributed by atoms with Crippen LogP contribution >= 0.6 is 0 Å². The van der Waals surface area contributed by atoms with Crippen LogP contribution in [0.1, 0.15) is 26.2 Å². The highest BCUT2D eigenvalue weighted by Gasteiger charge is 2.26. The predicted molar refractivity (Wildman–Crippen MR) is 124 cm³/mol. The Morgan fingerprint density at radius 1 is 1.03 bits per heavy atom. The molecule has 0 bridgehead atoms. The molecule has 31 heavy (non-hydrogen) atoms. The Bertz CT molecular complexity index is 877. The fourth-order valence-corrected chi connectivity index (χ4v) is 4.20. The van der Waals surface area contributed by atoms with E-state index >= 15 is 0 Å². The SMILES string of the molecule is CCN1CCCCN(C(=O)Nc2ccncn2)c2nc(N3CCCN(C)CC3)ccc21. The van der Waals surface area contributed by atoms with E-state index in [0.29, 0.717) is 12.4 Å². The molecule has 0 radical (unpaired) electrons. The molecule has 1 fully saturated rings. The zero-order valence-electron chi connectivity index (χ0n) is 18.5. The molecule has 2 aromatic heterocycles.